The summed E-state index contributed by atoms with van der Waals surface area (Å²) in [6.07, 6.45) is 5.32. The summed E-state index contributed by atoms with van der Waals surface area (Å²) in [5.74, 6) is 0.376. The van der Waals surface area contributed by atoms with Gasteiger partial charge < -0.3 is 10.1 Å². The molecule has 0 bridgehead atoms. The minimum Gasteiger partial charge on any atom is -0.471 e. The van der Waals surface area contributed by atoms with Crippen LogP contribution in [0, 0.1) is 0 Å². The van der Waals surface area contributed by atoms with Crippen molar-refractivity contribution < 1.29 is 9.53 Å². The molecule has 152 valence electrons. The molecule has 1 N–H and O–H groups in total. The summed E-state index contributed by atoms with van der Waals surface area (Å²) >= 11 is 9.25. The maximum atomic E-state index is 12.5. The molecule has 0 atom stereocenters. The second-order valence-corrected chi connectivity index (χ2v) is 7.83. The molecule has 0 saturated heterocycles. The molecule has 4 rings (SSSR count). The van der Waals surface area contributed by atoms with Gasteiger partial charge in [0, 0.05) is 23.1 Å². The SMILES string of the molecule is O=C(Nc1cccc(Cn2cc(Br)cn2)c1)c1ccn(COc2ccc(Cl)cc2)n1. The van der Waals surface area contributed by atoms with Crippen LogP contribution in [0.4, 0.5) is 5.69 Å². The summed E-state index contributed by atoms with van der Waals surface area (Å²) in [6.45, 7) is 0.788. The Morgan fingerprint density at radius 3 is 2.73 bits per heavy atom. The van der Waals surface area contributed by atoms with Crippen molar-refractivity contribution in [3.8, 4) is 5.75 Å². The number of hydrogen-bond donors (Lipinski definition) is 1. The molecule has 4 aromatic rings. The summed E-state index contributed by atoms with van der Waals surface area (Å²) in [5.41, 5.74) is 2.01. The predicted octanol–water partition coefficient (Wildman–Crippen LogP) is 4.83. The number of ether oxygens (including phenoxy) is 1. The summed E-state index contributed by atoms with van der Waals surface area (Å²) in [5, 5.41) is 12.0. The van der Waals surface area contributed by atoms with Gasteiger partial charge in [-0.15, -0.1) is 0 Å². The van der Waals surface area contributed by atoms with Gasteiger partial charge >= 0.3 is 0 Å². The Balaban J connectivity index is 1.36. The number of anilines is 1. The zero-order valence-corrected chi connectivity index (χ0v) is 18.0. The van der Waals surface area contributed by atoms with Crippen molar-refractivity contribution in [3.05, 3.63) is 93.9 Å². The first-order valence-electron chi connectivity index (χ1n) is 9.05. The number of halogens is 2. The van der Waals surface area contributed by atoms with E-state index in [1.54, 1.807) is 47.4 Å². The molecule has 2 aromatic carbocycles. The van der Waals surface area contributed by atoms with E-state index in [1.807, 2.05) is 35.1 Å². The number of benzene rings is 2. The van der Waals surface area contributed by atoms with Gasteiger partial charge in [0.2, 0.25) is 0 Å². The van der Waals surface area contributed by atoms with Gasteiger partial charge in [-0.25, -0.2) is 4.68 Å². The zero-order chi connectivity index (χ0) is 20.9. The third-order valence-electron chi connectivity index (χ3n) is 4.18. The second kappa shape index (κ2) is 9.15. The molecule has 0 radical (unpaired) electrons. The van der Waals surface area contributed by atoms with E-state index in [0.29, 0.717) is 28.7 Å². The van der Waals surface area contributed by atoms with E-state index in [9.17, 15) is 4.79 Å². The van der Waals surface area contributed by atoms with Crippen LogP contribution in [0.5, 0.6) is 5.75 Å². The van der Waals surface area contributed by atoms with E-state index in [0.717, 1.165) is 10.0 Å². The fourth-order valence-electron chi connectivity index (χ4n) is 2.78. The third-order valence-corrected chi connectivity index (χ3v) is 4.84. The van der Waals surface area contributed by atoms with Crippen molar-refractivity contribution in [2.45, 2.75) is 13.3 Å². The molecule has 1 amide bonds. The van der Waals surface area contributed by atoms with Crippen LogP contribution in [0.1, 0.15) is 16.1 Å². The molecule has 0 fully saturated rings. The quantitative estimate of drug-likeness (QED) is 0.406. The molecule has 0 aliphatic carbocycles. The first-order chi connectivity index (χ1) is 14.5. The van der Waals surface area contributed by atoms with Gasteiger partial charge in [-0.1, -0.05) is 23.7 Å². The van der Waals surface area contributed by atoms with Crippen LogP contribution < -0.4 is 10.1 Å². The third kappa shape index (κ3) is 5.28. The monoisotopic (exact) mass is 485 g/mol. The Morgan fingerprint density at radius 2 is 1.97 bits per heavy atom. The molecule has 7 nitrogen and oxygen atoms in total. The first-order valence-corrected chi connectivity index (χ1v) is 10.2. The summed E-state index contributed by atoms with van der Waals surface area (Å²) in [6, 6.07) is 16.3. The summed E-state index contributed by atoms with van der Waals surface area (Å²) in [7, 11) is 0. The Bertz CT molecular complexity index is 1160. The van der Waals surface area contributed by atoms with Gasteiger partial charge in [-0.05, 0) is 64.0 Å². The second-order valence-electron chi connectivity index (χ2n) is 6.48. The molecule has 0 unspecified atom stereocenters. The molecule has 0 aliphatic rings. The van der Waals surface area contributed by atoms with E-state index in [2.05, 4.69) is 31.4 Å². The van der Waals surface area contributed by atoms with Gasteiger partial charge in [0.1, 0.15) is 5.75 Å². The topological polar surface area (TPSA) is 74.0 Å². The molecule has 30 heavy (non-hydrogen) atoms. The summed E-state index contributed by atoms with van der Waals surface area (Å²) in [4.78, 5) is 12.5. The Hall–Kier alpha value is -3.10. The molecule has 2 heterocycles. The van der Waals surface area contributed by atoms with Crippen LogP contribution in [0.2, 0.25) is 5.02 Å². The Kier molecular flexibility index (Phi) is 6.15. The maximum absolute atomic E-state index is 12.5. The van der Waals surface area contributed by atoms with Gasteiger partial charge in [-0.3, -0.25) is 9.48 Å². The molecule has 0 saturated carbocycles. The first kappa shape index (κ1) is 20.2. The largest absolute Gasteiger partial charge is 0.471 e. The van der Waals surface area contributed by atoms with Crippen LogP contribution in [0.15, 0.2) is 77.7 Å². The minimum absolute atomic E-state index is 0.184. The molecular weight excluding hydrogens is 470 g/mol. The Labute approximate surface area is 186 Å². The molecule has 2 aromatic heterocycles. The molecule has 9 heteroatoms. The highest BCUT2D eigenvalue weighted by atomic mass is 79.9. The van der Waals surface area contributed by atoms with E-state index in [4.69, 9.17) is 16.3 Å². The van der Waals surface area contributed by atoms with Crippen molar-refractivity contribution in [1.29, 1.82) is 0 Å². The lowest BCUT2D eigenvalue weighted by Crippen LogP contribution is -2.14. The Morgan fingerprint density at radius 1 is 1.13 bits per heavy atom. The maximum Gasteiger partial charge on any atom is 0.276 e. The van der Waals surface area contributed by atoms with Gasteiger partial charge in [0.25, 0.3) is 5.91 Å². The fourth-order valence-corrected chi connectivity index (χ4v) is 3.23. The van der Waals surface area contributed by atoms with E-state index >= 15 is 0 Å². The van der Waals surface area contributed by atoms with E-state index < -0.39 is 0 Å². The molecule has 0 spiro atoms. The smallest absolute Gasteiger partial charge is 0.276 e. The van der Waals surface area contributed by atoms with Crippen LogP contribution in [0.25, 0.3) is 0 Å². The number of nitrogens with one attached hydrogen (secondary N) is 1. The highest BCUT2D eigenvalue weighted by Gasteiger charge is 2.11. The van der Waals surface area contributed by atoms with Gasteiger partial charge in [0.05, 0.1) is 17.2 Å². The average Bonchev–Trinajstić information content (AvgIpc) is 3.37. The standard InChI is InChI=1S/C21H17BrClN5O2/c22-16-11-24-28(13-16)12-15-2-1-3-18(10-15)25-21(29)20-8-9-27(26-20)14-30-19-6-4-17(23)5-7-19/h1-11,13H,12,14H2,(H,25,29). The van der Waals surface area contributed by atoms with Gasteiger partial charge in [-0.2, -0.15) is 10.2 Å². The number of aromatic nitrogens is 4. The molecule has 0 aliphatic heterocycles. The minimum atomic E-state index is -0.292. The number of nitrogens with zero attached hydrogens (tertiary/aromatic N) is 4. The van der Waals surface area contributed by atoms with Crippen LogP contribution in [0.3, 0.4) is 0 Å². The fraction of sp³-hybridized carbons (Fsp3) is 0.0952. The van der Waals surface area contributed by atoms with Gasteiger partial charge in [0.15, 0.2) is 12.4 Å². The lowest BCUT2D eigenvalue weighted by atomic mass is 10.2. The van der Waals surface area contributed by atoms with E-state index in [1.165, 1.54) is 0 Å². The number of carbonyl (C=O) groups is 1. The van der Waals surface area contributed by atoms with Crippen molar-refractivity contribution in [2.24, 2.45) is 0 Å². The number of hydrogen-bond acceptors (Lipinski definition) is 4. The van der Waals surface area contributed by atoms with Crippen molar-refractivity contribution in [3.63, 3.8) is 0 Å². The zero-order valence-electron chi connectivity index (χ0n) is 15.7. The van der Waals surface area contributed by atoms with Crippen LogP contribution in [-0.4, -0.2) is 25.5 Å². The number of carbonyl (C=O) groups excluding carboxylic acids is 1. The predicted molar refractivity (Wildman–Crippen MR) is 118 cm³/mol. The lowest BCUT2D eigenvalue weighted by Gasteiger charge is -2.07. The van der Waals surface area contributed by atoms with E-state index in [-0.39, 0.29) is 12.6 Å². The average molecular weight is 487 g/mol. The van der Waals surface area contributed by atoms with Crippen LogP contribution in [-0.2, 0) is 13.3 Å². The number of rotatable bonds is 7. The van der Waals surface area contributed by atoms with Crippen molar-refractivity contribution >= 4 is 39.1 Å². The normalized spacial score (nSPS) is 10.7. The van der Waals surface area contributed by atoms with Crippen molar-refractivity contribution in [2.75, 3.05) is 5.32 Å². The van der Waals surface area contributed by atoms with Crippen molar-refractivity contribution in [1.82, 2.24) is 19.6 Å². The number of amides is 1. The highest BCUT2D eigenvalue weighted by Crippen LogP contribution is 2.16. The summed E-state index contributed by atoms with van der Waals surface area (Å²) < 4.78 is 9.91. The lowest BCUT2D eigenvalue weighted by molar-refractivity contribution is 0.102. The highest BCUT2D eigenvalue weighted by molar-refractivity contribution is 9.10. The molecular formula is C21H17BrClN5O2. The van der Waals surface area contributed by atoms with Crippen LogP contribution >= 0.6 is 27.5 Å².